The molecule has 3 rings (SSSR count). The van der Waals surface area contributed by atoms with E-state index in [4.69, 9.17) is 21.6 Å². The largest absolute Gasteiger partial charge is 0.381 e. The normalized spacial score (nSPS) is 14.1. The van der Waals surface area contributed by atoms with Crippen molar-refractivity contribution in [3.8, 4) is 6.07 Å². The Morgan fingerprint density at radius 2 is 2.17 bits per heavy atom. The van der Waals surface area contributed by atoms with Gasteiger partial charge in [-0.25, -0.2) is 4.98 Å². The van der Waals surface area contributed by atoms with Crippen LogP contribution in [0.2, 0.25) is 5.15 Å². The van der Waals surface area contributed by atoms with Gasteiger partial charge in [-0.3, -0.25) is 0 Å². The molecule has 2 aromatic heterocycles. The summed E-state index contributed by atoms with van der Waals surface area (Å²) in [5.74, 6) is 0. The molecule has 1 saturated heterocycles. The smallest absolute Gasteiger partial charge is 0.137 e. The highest BCUT2D eigenvalue weighted by atomic mass is 35.5. The molecule has 1 aliphatic heterocycles. The minimum atomic E-state index is 0.471. The Labute approximate surface area is 115 Å². The van der Waals surface area contributed by atoms with Gasteiger partial charge in [-0.05, 0) is 25.8 Å². The maximum atomic E-state index is 8.81. The molecule has 2 aromatic rings. The summed E-state index contributed by atoms with van der Waals surface area (Å²) >= 11 is 7.46. The Balaban J connectivity index is 0.000000202. The number of nitriles is 1. The Kier molecular flexibility index (Phi) is 4.54. The molecular formula is C13H13ClN2OS. The molecular weight excluding hydrogens is 268 g/mol. The molecule has 0 N–H and O–H groups in total. The van der Waals surface area contributed by atoms with Crippen LogP contribution in [-0.4, -0.2) is 18.2 Å². The van der Waals surface area contributed by atoms with E-state index in [9.17, 15) is 0 Å². The number of hydrogen-bond acceptors (Lipinski definition) is 4. The first-order chi connectivity index (χ1) is 8.72. The van der Waals surface area contributed by atoms with E-state index in [0.717, 1.165) is 28.2 Å². The van der Waals surface area contributed by atoms with E-state index < -0.39 is 0 Å². The average molecular weight is 281 g/mol. The van der Waals surface area contributed by atoms with Gasteiger partial charge < -0.3 is 4.74 Å². The molecule has 3 heterocycles. The van der Waals surface area contributed by atoms with Crippen LogP contribution in [0.4, 0.5) is 0 Å². The molecule has 94 valence electrons. The van der Waals surface area contributed by atoms with Crippen LogP contribution in [0, 0.1) is 18.3 Å². The van der Waals surface area contributed by atoms with Gasteiger partial charge in [-0.15, -0.1) is 11.3 Å². The van der Waals surface area contributed by atoms with Crippen molar-refractivity contribution in [2.45, 2.75) is 19.8 Å². The molecule has 1 aliphatic rings. The van der Waals surface area contributed by atoms with Crippen LogP contribution < -0.4 is 0 Å². The average Bonchev–Trinajstić information content (AvgIpc) is 3.01. The minimum absolute atomic E-state index is 0.471. The quantitative estimate of drug-likeness (QED) is 0.687. The van der Waals surface area contributed by atoms with E-state index in [1.807, 2.05) is 13.0 Å². The van der Waals surface area contributed by atoms with Crippen LogP contribution >= 0.6 is 22.9 Å². The lowest BCUT2D eigenvalue weighted by molar-refractivity contribution is 0.198. The van der Waals surface area contributed by atoms with Crippen molar-refractivity contribution in [3.05, 3.63) is 27.9 Å². The fourth-order valence-corrected chi connectivity index (χ4v) is 2.93. The van der Waals surface area contributed by atoms with Crippen LogP contribution in [-0.2, 0) is 4.74 Å². The highest BCUT2D eigenvalue weighted by molar-refractivity contribution is 7.19. The second kappa shape index (κ2) is 6.14. The van der Waals surface area contributed by atoms with Crippen LogP contribution in [0.5, 0.6) is 0 Å². The van der Waals surface area contributed by atoms with Gasteiger partial charge in [0.05, 0.1) is 10.3 Å². The summed E-state index contributed by atoms with van der Waals surface area (Å²) in [7, 11) is 0. The third-order valence-corrected chi connectivity index (χ3v) is 3.96. The zero-order chi connectivity index (χ0) is 13.0. The van der Waals surface area contributed by atoms with Crippen molar-refractivity contribution in [2.24, 2.45) is 0 Å². The van der Waals surface area contributed by atoms with Gasteiger partial charge in [-0.1, -0.05) is 11.6 Å². The molecule has 1 fully saturated rings. The maximum absolute atomic E-state index is 8.81. The summed E-state index contributed by atoms with van der Waals surface area (Å²) in [6, 6.07) is 4.05. The Morgan fingerprint density at radius 1 is 1.44 bits per heavy atom. The lowest BCUT2D eigenvalue weighted by Crippen LogP contribution is -1.79. The summed E-state index contributed by atoms with van der Waals surface area (Å²) in [6.07, 6.45) is 4.07. The van der Waals surface area contributed by atoms with E-state index in [2.05, 4.69) is 11.1 Å². The van der Waals surface area contributed by atoms with Gasteiger partial charge in [0.2, 0.25) is 0 Å². The fraction of sp³-hybridized carbons (Fsp3) is 0.385. The highest BCUT2D eigenvalue weighted by Gasteiger charge is 2.08. The van der Waals surface area contributed by atoms with Crippen LogP contribution in [0.3, 0.4) is 0 Å². The number of fused-ring (bicyclic) bond motifs is 1. The number of aryl methyl sites for hydroxylation is 1. The SMILES string of the molecule is C1CCOC1.Cc1cc2c(Cl)ncc(C#N)c2s1. The van der Waals surface area contributed by atoms with Crippen molar-refractivity contribution < 1.29 is 4.74 Å². The number of halogens is 1. The topological polar surface area (TPSA) is 45.9 Å². The molecule has 0 radical (unpaired) electrons. The zero-order valence-electron chi connectivity index (χ0n) is 10.1. The molecule has 0 atom stereocenters. The van der Waals surface area contributed by atoms with Gasteiger partial charge in [0.1, 0.15) is 11.2 Å². The predicted molar refractivity (Wildman–Crippen MR) is 74.1 cm³/mol. The number of hydrogen-bond donors (Lipinski definition) is 0. The first-order valence-corrected chi connectivity index (χ1v) is 6.94. The van der Waals surface area contributed by atoms with Gasteiger partial charge in [0, 0.05) is 29.7 Å². The molecule has 0 unspecified atom stereocenters. The maximum Gasteiger partial charge on any atom is 0.137 e. The van der Waals surface area contributed by atoms with E-state index in [1.54, 1.807) is 11.3 Å². The van der Waals surface area contributed by atoms with E-state index in [-0.39, 0.29) is 0 Å². The first-order valence-electron chi connectivity index (χ1n) is 5.75. The zero-order valence-corrected chi connectivity index (χ0v) is 11.6. The Bertz CT molecular complexity index is 577. The standard InChI is InChI=1S/C9H5ClN2S.C4H8O/c1-5-2-7-8(13-5)6(3-11)4-12-9(7)10;1-2-4-5-3-1/h2,4H,1H3;1-4H2. The molecule has 0 saturated carbocycles. The number of ether oxygens (including phenoxy) is 1. The monoisotopic (exact) mass is 280 g/mol. The molecule has 0 bridgehead atoms. The Hall–Kier alpha value is -1.15. The molecule has 3 nitrogen and oxygen atoms in total. The molecule has 5 heteroatoms. The van der Waals surface area contributed by atoms with E-state index in [1.165, 1.54) is 19.0 Å². The van der Waals surface area contributed by atoms with E-state index in [0.29, 0.717) is 10.7 Å². The lowest BCUT2D eigenvalue weighted by Gasteiger charge is -1.93. The third kappa shape index (κ3) is 2.99. The Morgan fingerprint density at radius 3 is 2.72 bits per heavy atom. The predicted octanol–water partition coefficient (Wildman–Crippen LogP) is 3.93. The van der Waals surface area contributed by atoms with Gasteiger partial charge in [0.25, 0.3) is 0 Å². The molecule has 0 amide bonds. The van der Waals surface area contributed by atoms with Crippen molar-refractivity contribution in [2.75, 3.05) is 13.2 Å². The molecule has 0 aromatic carbocycles. The van der Waals surface area contributed by atoms with Crippen LogP contribution in [0.25, 0.3) is 10.1 Å². The summed E-state index contributed by atoms with van der Waals surface area (Å²) in [6.45, 7) is 3.99. The third-order valence-electron chi connectivity index (χ3n) is 2.58. The van der Waals surface area contributed by atoms with Crippen LogP contribution in [0.15, 0.2) is 12.3 Å². The van der Waals surface area contributed by atoms with E-state index >= 15 is 0 Å². The first kappa shape index (κ1) is 13.3. The number of aromatic nitrogens is 1. The highest BCUT2D eigenvalue weighted by Crippen LogP contribution is 2.31. The van der Waals surface area contributed by atoms with Crippen molar-refractivity contribution in [3.63, 3.8) is 0 Å². The van der Waals surface area contributed by atoms with Crippen molar-refractivity contribution >= 4 is 33.0 Å². The number of thiophene rings is 1. The van der Waals surface area contributed by atoms with Gasteiger partial charge in [-0.2, -0.15) is 5.26 Å². The summed E-state index contributed by atoms with van der Waals surface area (Å²) in [4.78, 5) is 5.08. The van der Waals surface area contributed by atoms with Crippen molar-refractivity contribution in [1.29, 1.82) is 5.26 Å². The number of pyridine rings is 1. The second-order valence-corrected chi connectivity index (χ2v) is 5.61. The van der Waals surface area contributed by atoms with Gasteiger partial charge in [0.15, 0.2) is 0 Å². The van der Waals surface area contributed by atoms with Crippen LogP contribution in [0.1, 0.15) is 23.3 Å². The number of rotatable bonds is 0. The molecule has 18 heavy (non-hydrogen) atoms. The molecule has 0 aliphatic carbocycles. The summed E-state index contributed by atoms with van der Waals surface area (Å²) in [5.41, 5.74) is 0.595. The second-order valence-electron chi connectivity index (χ2n) is 3.99. The lowest BCUT2D eigenvalue weighted by atomic mass is 10.2. The molecule has 0 spiro atoms. The fourth-order valence-electron chi connectivity index (χ4n) is 1.71. The van der Waals surface area contributed by atoms with Gasteiger partial charge >= 0.3 is 0 Å². The minimum Gasteiger partial charge on any atom is -0.381 e. The summed E-state index contributed by atoms with van der Waals surface area (Å²) in [5, 5.41) is 10.2. The summed E-state index contributed by atoms with van der Waals surface area (Å²) < 4.78 is 5.88. The number of nitrogens with zero attached hydrogens (tertiary/aromatic N) is 2. The van der Waals surface area contributed by atoms with Crippen molar-refractivity contribution in [1.82, 2.24) is 4.98 Å².